The van der Waals surface area contributed by atoms with Gasteiger partial charge in [-0.2, -0.15) is 0 Å². The maximum Gasteiger partial charge on any atom is 0.0383 e. The number of anilines is 2. The van der Waals surface area contributed by atoms with Gasteiger partial charge in [0.1, 0.15) is 0 Å². The van der Waals surface area contributed by atoms with Crippen molar-refractivity contribution in [2.45, 2.75) is 44.7 Å². The van der Waals surface area contributed by atoms with Crippen molar-refractivity contribution >= 4 is 11.4 Å². The lowest BCUT2D eigenvalue weighted by molar-refractivity contribution is 0.378. The highest BCUT2D eigenvalue weighted by Crippen LogP contribution is 2.23. The summed E-state index contributed by atoms with van der Waals surface area (Å²) in [5, 5.41) is 10.2. The summed E-state index contributed by atoms with van der Waals surface area (Å²) < 4.78 is 0. The Morgan fingerprint density at radius 1 is 1.15 bits per heavy atom. The molecule has 1 aromatic rings. The minimum Gasteiger partial charge on any atom is -0.389 e. The summed E-state index contributed by atoms with van der Waals surface area (Å²) in [5.74, 6) is 0. The minimum absolute atomic E-state index is 0.543. The number of hydrogen-bond acceptors (Lipinski definition) is 3. The monoisotopic (exact) mass is 271 g/mol. The van der Waals surface area contributed by atoms with Crippen LogP contribution in [-0.2, 0) is 0 Å². The number of allylic oxidation sites excluding steroid dienone is 1. The first-order chi connectivity index (χ1) is 9.67. The molecule has 0 amide bonds. The molecule has 0 saturated heterocycles. The molecule has 0 heterocycles. The Bertz CT molecular complexity index is 450. The van der Waals surface area contributed by atoms with Gasteiger partial charge in [-0.15, -0.1) is 0 Å². The molecule has 1 aromatic carbocycles. The normalized spacial score (nSPS) is 21.9. The summed E-state index contributed by atoms with van der Waals surface area (Å²) in [4.78, 5) is 0. The van der Waals surface area contributed by atoms with Gasteiger partial charge < -0.3 is 16.0 Å². The molecule has 0 radical (unpaired) electrons. The second kappa shape index (κ2) is 7.04. The second-order valence-corrected chi connectivity index (χ2v) is 5.56. The van der Waals surface area contributed by atoms with Gasteiger partial charge in [0.2, 0.25) is 0 Å². The summed E-state index contributed by atoms with van der Waals surface area (Å²) in [6.45, 7) is 9.56. The Labute approximate surface area is 122 Å². The van der Waals surface area contributed by atoms with Gasteiger partial charge in [-0.05, 0) is 63.1 Å². The summed E-state index contributed by atoms with van der Waals surface area (Å²) in [6, 6.07) is 9.51. The zero-order chi connectivity index (χ0) is 14.4. The standard InChI is InChI=1S/C17H25N3/c1-4-18-16-6-5-7-17(12-16)20-15-10-8-14(9-11-15)19-13(2)3/h4,8-11,16-20H,1-2,5-7,12H2,3H3. The fourth-order valence-electron chi connectivity index (χ4n) is 2.77. The van der Waals surface area contributed by atoms with Crippen molar-refractivity contribution in [1.29, 1.82) is 0 Å². The highest BCUT2D eigenvalue weighted by atomic mass is 15.0. The maximum absolute atomic E-state index is 3.85. The Morgan fingerprint density at radius 2 is 1.80 bits per heavy atom. The SMILES string of the molecule is C=CNC1CCCC(Nc2ccc(NC(=C)C)cc2)C1. The first-order valence-corrected chi connectivity index (χ1v) is 7.33. The van der Waals surface area contributed by atoms with Crippen molar-refractivity contribution < 1.29 is 0 Å². The van der Waals surface area contributed by atoms with Crippen LogP contribution in [0.1, 0.15) is 32.6 Å². The average molecular weight is 271 g/mol. The second-order valence-electron chi connectivity index (χ2n) is 5.56. The molecular formula is C17H25N3. The maximum atomic E-state index is 3.85. The van der Waals surface area contributed by atoms with Crippen LogP contribution in [-0.4, -0.2) is 12.1 Å². The molecule has 0 aliphatic heterocycles. The molecule has 0 aromatic heterocycles. The van der Waals surface area contributed by atoms with E-state index in [0.717, 1.165) is 17.8 Å². The lowest BCUT2D eigenvalue weighted by Crippen LogP contribution is -2.36. The van der Waals surface area contributed by atoms with E-state index in [9.17, 15) is 0 Å². The van der Waals surface area contributed by atoms with Crippen LogP contribution in [0.5, 0.6) is 0 Å². The summed E-state index contributed by atoms with van der Waals surface area (Å²) >= 11 is 0. The molecule has 1 saturated carbocycles. The molecule has 1 aliphatic rings. The fraction of sp³-hybridized carbons (Fsp3) is 0.412. The quantitative estimate of drug-likeness (QED) is 0.729. The predicted octanol–water partition coefficient (Wildman–Crippen LogP) is 4.09. The van der Waals surface area contributed by atoms with Gasteiger partial charge >= 0.3 is 0 Å². The topological polar surface area (TPSA) is 36.1 Å². The average Bonchev–Trinajstić information content (AvgIpc) is 2.41. The van der Waals surface area contributed by atoms with Gasteiger partial charge in [0, 0.05) is 29.2 Å². The molecule has 1 fully saturated rings. The molecule has 20 heavy (non-hydrogen) atoms. The molecule has 0 bridgehead atoms. The van der Waals surface area contributed by atoms with Gasteiger partial charge in [-0.1, -0.05) is 13.2 Å². The van der Waals surface area contributed by atoms with Crippen LogP contribution in [0, 0.1) is 0 Å². The van der Waals surface area contributed by atoms with Crippen molar-refractivity contribution in [3.63, 3.8) is 0 Å². The molecule has 1 aliphatic carbocycles. The Hall–Kier alpha value is -1.90. The first kappa shape index (κ1) is 14.5. The predicted molar refractivity (Wildman–Crippen MR) is 87.9 cm³/mol. The highest BCUT2D eigenvalue weighted by molar-refractivity contribution is 5.55. The van der Waals surface area contributed by atoms with Gasteiger partial charge in [-0.25, -0.2) is 0 Å². The summed E-state index contributed by atoms with van der Waals surface area (Å²) in [6.07, 6.45) is 6.70. The van der Waals surface area contributed by atoms with E-state index in [1.807, 2.05) is 13.1 Å². The molecule has 2 unspecified atom stereocenters. The fourth-order valence-corrected chi connectivity index (χ4v) is 2.77. The van der Waals surface area contributed by atoms with E-state index in [-0.39, 0.29) is 0 Å². The van der Waals surface area contributed by atoms with Crippen LogP contribution in [0.3, 0.4) is 0 Å². The van der Waals surface area contributed by atoms with Crippen molar-refractivity contribution in [1.82, 2.24) is 5.32 Å². The van der Waals surface area contributed by atoms with Crippen LogP contribution in [0.15, 0.2) is 49.3 Å². The minimum atomic E-state index is 0.543. The Balaban J connectivity index is 1.89. The third-order valence-electron chi connectivity index (χ3n) is 3.64. The van der Waals surface area contributed by atoms with Crippen molar-refractivity contribution in [3.8, 4) is 0 Å². The molecule has 2 rings (SSSR count). The van der Waals surface area contributed by atoms with Gasteiger partial charge in [0.15, 0.2) is 0 Å². The van der Waals surface area contributed by atoms with E-state index in [4.69, 9.17) is 0 Å². The molecule has 0 spiro atoms. The van der Waals surface area contributed by atoms with E-state index in [0.29, 0.717) is 12.1 Å². The number of nitrogens with one attached hydrogen (secondary N) is 3. The smallest absolute Gasteiger partial charge is 0.0383 e. The lowest BCUT2D eigenvalue weighted by Gasteiger charge is -2.30. The lowest BCUT2D eigenvalue weighted by atomic mass is 9.91. The molecule has 2 atom stereocenters. The van der Waals surface area contributed by atoms with Crippen molar-refractivity contribution in [3.05, 3.63) is 49.3 Å². The molecule has 3 heteroatoms. The van der Waals surface area contributed by atoms with E-state index >= 15 is 0 Å². The third-order valence-corrected chi connectivity index (χ3v) is 3.64. The van der Waals surface area contributed by atoms with Gasteiger partial charge in [-0.3, -0.25) is 0 Å². The van der Waals surface area contributed by atoms with Crippen LogP contribution < -0.4 is 16.0 Å². The van der Waals surface area contributed by atoms with Gasteiger partial charge in [0.25, 0.3) is 0 Å². The highest BCUT2D eigenvalue weighted by Gasteiger charge is 2.20. The summed E-state index contributed by atoms with van der Waals surface area (Å²) in [5.41, 5.74) is 3.22. The van der Waals surface area contributed by atoms with Gasteiger partial charge in [0.05, 0.1) is 0 Å². The van der Waals surface area contributed by atoms with Crippen molar-refractivity contribution in [2.75, 3.05) is 10.6 Å². The third kappa shape index (κ3) is 4.34. The van der Waals surface area contributed by atoms with E-state index in [1.165, 1.54) is 24.9 Å². The number of hydrogen-bond donors (Lipinski definition) is 3. The summed E-state index contributed by atoms with van der Waals surface area (Å²) in [7, 11) is 0. The molecule has 3 N–H and O–H groups in total. The molecule has 3 nitrogen and oxygen atoms in total. The van der Waals surface area contributed by atoms with Crippen LogP contribution in [0.4, 0.5) is 11.4 Å². The van der Waals surface area contributed by atoms with Crippen LogP contribution in [0.2, 0.25) is 0 Å². The Kier molecular flexibility index (Phi) is 5.10. The first-order valence-electron chi connectivity index (χ1n) is 7.33. The van der Waals surface area contributed by atoms with Crippen LogP contribution in [0.25, 0.3) is 0 Å². The van der Waals surface area contributed by atoms with E-state index in [2.05, 4.69) is 53.4 Å². The Morgan fingerprint density at radius 3 is 2.45 bits per heavy atom. The van der Waals surface area contributed by atoms with Crippen LogP contribution >= 0.6 is 0 Å². The van der Waals surface area contributed by atoms with E-state index in [1.54, 1.807) is 0 Å². The van der Waals surface area contributed by atoms with Crippen molar-refractivity contribution in [2.24, 2.45) is 0 Å². The molecule has 108 valence electrons. The zero-order valence-corrected chi connectivity index (χ0v) is 12.3. The zero-order valence-electron chi connectivity index (χ0n) is 12.3. The number of rotatable bonds is 6. The van der Waals surface area contributed by atoms with E-state index < -0.39 is 0 Å². The number of benzene rings is 1. The molecular weight excluding hydrogens is 246 g/mol. The largest absolute Gasteiger partial charge is 0.389 e.